The van der Waals surface area contributed by atoms with E-state index in [0.29, 0.717) is 12.5 Å². The molecule has 0 saturated carbocycles. The minimum atomic E-state index is -0.576. The molecule has 0 bridgehead atoms. The molecule has 0 saturated heterocycles. The van der Waals surface area contributed by atoms with Gasteiger partial charge in [-0.1, -0.05) is 18.2 Å². The van der Waals surface area contributed by atoms with Gasteiger partial charge >= 0.3 is 0 Å². The van der Waals surface area contributed by atoms with Crippen LogP contribution in [0.2, 0.25) is 0 Å². The largest absolute Gasteiger partial charge is 0.436 e. The van der Waals surface area contributed by atoms with Crippen molar-refractivity contribution in [1.29, 1.82) is 0 Å². The van der Waals surface area contributed by atoms with Crippen LogP contribution in [-0.2, 0) is 16.9 Å². The normalized spacial score (nSPS) is 17.8. The molecule has 2 heterocycles. The number of hydrogen-bond acceptors (Lipinski definition) is 4. The lowest BCUT2D eigenvalue weighted by Crippen LogP contribution is -2.28. The van der Waals surface area contributed by atoms with E-state index in [0.717, 1.165) is 52.7 Å². The summed E-state index contributed by atoms with van der Waals surface area (Å²) in [4.78, 5) is 6.90. The average Bonchev–Trinajstić information content (AvgIpc) is 3.36. The summed E-state index contributed by atoms with van der Waals surface area (Å²) in [5.41, 5.74) is 7.67. The standard InChI is InChI=1S/C28H29FN2O2/c1-18-14-25-26(15-19(18)2)33-27(30-25)20-6-11-24-21(16-20)17-32-28(24,12-5-13-31(3)4)22-7-9-23(29)10-8-22/h6-11,14-16H,5,12-13,17H2,1-4H3. The summed E-state index contributed by atoms with van der Waals surface area (Å²) in [5.74, 6) is 0.377. The van der Waals surface area contributed by atoms with Gasteiger partial charge in [0.25, 0.3) is 0 Å². The van der Waals surface area contributed by atoms with Gasteiger partial charge < -0.3 is 14.1 Å². The number of nitrogens with zero attached hydrogens (tertiary/aromatic N) is 2. The molecule has 5 heteroatoms. The quantitative estimate of drug-likeness (QED) is 0.347. The maximum atomic E-state index is 13.7. The topological polar surface area (TPSA) is 38.5 Å². The van der Waals surface area contributed by atoms with Gasteiger partial charge in [0, 0.05) is 5.56 Å². The smallest absolute Gasteiger partial charge is 0.227 e. The molecule has 1 aromatic heterocycles. The number of halogens is 1. The highest BCUT2D eigenvalue weighted by molar-refractivity contribution is 5.78. The number of fused-ring (bicyclic) bond motifs is 2. The lowest BCUT2D eigenvalue weighted by Gasteiger charge is -2.31. The van der Waals surface area contributed by atoms with E-state index in [1.165, 1.54) is 23.3 Å². The third-order valence-electron chi connectivity index (χ3n) is 6.71. The Morgan fingerprint density at radius 3 is 2.52 bits per heavy atom. The Bertz CT molecular complexity index is 1270. The van der Waals surface area contributed by atoms with Crippen LogP contribution in [0.1, 0.15) is 40.7 Å². The summed E-state index contributed by atoms with van der Waals surface area (Å²) in [5, 5.41) is 0. The van der Waals surface area contributed by atoms with Crippen molar-refractivity contribution in [2.24, 2.45) is 0 Å². The maximum Gasteiger partial charge on any atom is 0.227 e. The fraction of sp³-hybridized carbons (Fsp3) is 0.321. The van der Waals surface area contributed by atoms with E-state index in [-0.39, 0.29) is 5.82 Å². The van der Waals surface area contributed by atoms with Gasteiger partial charge in [-0.05, 0) is 112 Å². The van der Waals surface area contributed by atoms with Crippen LogP contribution < -0.4 is 0 Å². The first-order valence-electron chi connectivity index (χ1n) is 11.4. The van der Waals surface area contributed by atoms with E-state index < -0.39 is 5.60 Å². The molecule has 0 radical (unpaired) electrons. The van der Waals surface area contributed by atoms with Crippen molar-refractivity contribution in [1.82, 2.24) is 9.88 Å². The van der Waals surface area contributed by atoms with Crippen LogP contribution in [0, 0.1) is 19.7 Å². The highest BCUT2D eigenvalue weighted by atomic mass is 19.1. The van der Waals surface area contributed by atoms with Crippen LogP contribution in [0.3, 0.4) is 0 Å². The zero-order valence-corrected chi connectivity index (χ0v) is 19.6. The fourth-order valence-electron chi connectivity index (χ4n) is 4.78. The van der Waals surface area contributed by atoms with Crippen molar-refractivity contribution in [3.8, 4) is 11.5 Å². The molecule has 1 aliphatic heterocycles. The Morgan fingerprint density at radius 2 is 1.76 bits per heavy atom. The van der Waals surface area contributed by atoms with E-state index in [9.17, 15) is 4.39 Å². The maximum absolute atomic E-state index is 13.7. The van der Waals surface area contributed by atoms with E-state index in [4.69, 9.17) is 14.1 Å². The van der Waals surface area contributed by atoms with Crippen molar-refractivity contribution >= 4 is 11.1 Å². The molecule has 0 spiro atoms. The molecule has 0 aliphatic carbocycles. The molecule has 5 rings (SSSR count). The average molecular weight is 445 g/mol. The predicted molar refractivity (Wildman–Crippen MR) is 129 cm³/mol. The van der Waals surface area contributed by atoms with Crippen LogP contribution in [0.25, 0.3) is 22.6 Å². The molecular weight excluding hydrogens is 415 g/mol. The molecular formula is C28H29FN2O2. The lowest BCUT2D eigenvalue weighted by molar-refractivity contribution is -0.0140. The van der Waals surface area contributed by atoms with Gasteiger partial charge in [-0.25, -0.2) is 9.37 Å². The van der Waals surface area contributed by atoms with E-state index in [1.807, 2.05) is 18.2 Å². The van der Waals surface area contributed by atoms with Crippen LogP contribution in [0.15, 0.2) is 59.0 Å². The zero-order valence-electron chi connectivity index (χ0n) is 19.6. The number of ether oxygens (including phenoxy) is 1. The van der Waals surface area contributed by atoms with Gasteiger partial charge in [0.2, 0.25) is 5.89 Å². The second-order valence-electron chi connectivity index (χ2n) is 9.32. The van der Waals surface area contributed by atoms with Gasteiger partial charge in [-0.3, -0.25) is 0 Å². The molecule has 33 heavy (non-hydrogen) atoms. The van der Waals surface area contributed by atoms with Crippen LogP contribution in [0.5, 0.6) is 0 Å². The number of benzene rings is 3. The molecule has 0 fully saturated rings. The van der Waals surface area contributed by atoms with Gasteiger partial charge in [0.05, 0.1) is 6.61 Å². The summed E-state index contributed by atoms with van der Waals surface area (Å²) in [6.07, 6.45) is 1.79. The van der Waals surface area contributed by atoms with Crippen LogP contribution >= 0.6 is 0 Å². The minimum Gasteiger partial charge on any atom is -0.436 e. The molecule has 3 aromatic carbocycles. The van der Waals surface area contributed by atoms with Crippen molar-refractivity contribution < 1.29 is 13.5 Å². The van der Waals surface area contributed by atoms with Crippen molar-refractivity contribution in [2.45, 2.75) is 38.9 Å². The molecule has 0 amide bonds. The Labute approximate surface area is 194 Å². The van der Waals surface area contributed by atoms with E-state index >= 15 is 0 Å². The summed E-state index contributed by atoms with van der Waals surface area (Å²) >= 11 is 0. The first kappa shape index (κ1) is 21.8. The monoisotopic (exact) mass is 444 g/mol. The van der Waals surface area contributed by atoms with Crippen molar-refractivity contribution in [3.05, 3.63) is 88.2 Å². The summed E-state index contributed by atoms with van der Waals surface area (Å²) < 4.78 is 26.3. The predicted octanol–water partition coefficient (Wildman–Crippen LogP) is 6.37. The highest BCUT2D eigenvalue weighted by Gasteiger charge is 2.41. The highest BCUT2D eigenvalue weighted by Crippen LogP contribution is 2.46. The Hall–Kier alpha value is -3.02. The van der Waals surface area contributed by atoms with Crippen LogP contribution in [0.4, 0.5) is 4.39 Å². The number of rotatable bonds is 6. The second-order valence-corrected chi connectivity index (χ2v) is 9.32. The first-order valence-corrected chi connectivity index (χ1v) is 11.4. The van der Waals surface area contributed by atoms with E-state index in [1.54, 1.807) is 0 Å². The number of hydrogen-bond donors (Lipinski definition) is 0. The zero-order chi connectivity index (χ0) is 23.2. The van der Waals surface area contributed by atoms with Gasteiger partial charge in [0.1, 0.15) is 16.9 Å². The molecule has 170 valence electrons. The van der Waals surface area contributed by atoms with Gasteiger partial charge in [-0.2, -0.15) is 0 Å². The van der Waals surface area contributed by atoms with Crippen molar-refractivity contribution in [2.75, 3.05) is 20.6 Å². The first-order chi connectivity index (χ1) is 15.9. The molecule has 0 N–H and O–H groups in total. The fourth-order valence-corrected chi connectivity index (χ4v) is 4.78. The van der Waals surface area contributed by atoms with Crippen molar-refractivity contribution in [3.63, 3.8) is 0 Å². The number of aromatic nitrogens is 1. The Kier molecular flexibility index (Phi) is 5.55. The van der Waals surface area contributed by atoms with Gasteiger partial charge in [0.15, 0.2) is 5.58 Å². The SMILES string of the molecule is Cc1cc2nc(-c3ccc4c(c3)COC4(CCCN(C)C)c3ccc(F)cc3)oc2cc1C. The lowest BCUT2D eigenvalue weighted by atomic mass is 9.81. The summed E-state index contributed by atoms with van der Waals surface area (Å²) in [6, 6.07) is 17.1. The number of aryl methyl sites for hydroxylation is 2. The molecule has 1 atom stereocenters. The molecule has 4 nitrogen and oxygen atoms in total. The molecule has 1 aliphatic rings. The second kappa shape index (κ2) is 8.40. The van der Waals surface area contributed by atoms with Gasteiger partial charge in [-0.15, -0.1) is 0 Å². The molecule has 1 unspecified atom stereocenters. The Morgan fingerprint density at radius 1 is 1.00 bits per heavy atom. The number of oxazole rings is 1. The minimum absolute atomic E-state index is 0.239. The third kappa shape index (κ3) is 3.96. The van der Waals surface area contributed by atoms with Crippen LogP contribution in [-0.4, -0.2) is 30.5 Å². The Balaban J connectivity index is 1.54. The third-order valence-corrected chi connectivity index (χ3v) is 6.71. The molecule has 4 aromatic rings. The summed E-state index contributed by atoms with van der Waals surface area (Å²) in [7, 11) is 4.15. The van der Waals surface area contributed by atoms with E-state index in [2.05, 4.69) is 57.1 Å². The summed E-state index contributed by atoms with van der Waals surface area (Å²) in [6.45, 7) is 5.62.